The number of Topliss-reactive ketones (excluding diaryl/α,β-unsaturated/α-hetero) is 1. The number of halogens is 3. The summed E-state index contributed by atoms with van der Waals surface area (Å²) < 4.78 is 45.2. The summed E-state index contributed by atoms with van der Waals surface area (Å²) in [6, 6.07) is 16.5. The summed E-state index contributed by atoms with van der Waals surface area (Å²) >= 11 is 7.06. The molecule has 2 heterocycles. The van der Waals surface area contributed by atoms with Crippen molar-refractivity contribution in [2.75, 3.05) is 13.1 Å². The maximum atomic E-state index is 16.5. The molecule has 1 aliphatic heterocycles. The van der Waals surface area contributed by atoms with Crippen molar-refractivity contribution < 1.29 is 37.4 Å². The third-order valence-electron chi connectivity index (χ3n) is 9.39. The number of thiophene rings is 1. The number of ether oxygens (including phenoxy) is 2. The molecule has 1 aromatic heterocycles. The average Bonchev–Trinajstić information content (AvgIpc) is 3.80. The summed E-state index contributed by atoms with van der Waals surface area (Å²) in [6.45, 7) is 5.28. The van der Waals surface area contributed by atoms with E-state index in [0.717, 1.165) is 42.6 Å². The first-order chi connectivity index (χ1) is 25.2. The standard InChI is InChI=1S/C40H42ClF2N3O6S/c1-39(2,3)52-38(50)44-29-18-20-46(21-19-29)37(49)35(40(42,43)27-13-8-24(9-14-27)25-10-15-28(41)16-11-25)45-36(48)34(47)33-22-26-12-17-31(23-32(26)53-33)51-30-6-4-5-7-30/h8-17,22-23,29-30,35H,4-7,18-21H2,1-3H3,(H,44,50)(H,45,48). The van der Waals surface area contributed by atoms with Crippen LogP contribution in [0.1, 0.15) is 74.5 Å². The first-order valence-electron chi connectivity index (χ1n) is 17.7. The first kappa shape index (κ1) is 38.2. The van der Waals surface area contributed by atoms with Crippen molar-refractivity contribution in [2.24, 2.45) is 0 Å². The predicted molar refractivity (Wildman–Crippen MR) is 201 cm³/mol. The summed E-state index contributed by atoms with van der Waals surface area (Å²) in [5.74, 6) is -6.65. The number of nitrogens with one attached hydrogen (secondary N) is 2. The number of rotatable bonds is 10. The Kier molecular flexibility index (Phi) is 11.4. The summed E-state index contributed by atoms with van der Waals surface area (Å²) in [5, 5.41) is 6.12. The monoisotopic (exact) mass is 765 g/mol. The van der Waals surface area contributed by atoms with Crippen molar-refractivity contribution in [1.82, 2.24) is 15.5 Å². The van der Waals surface area contributed by atoms with Gasteiger partial charge in [0.25, 0.3) is 17.6 Å². The number of carbonyl (C=O) groups excluding carboxylic acids is 4. The van der Waals surface area contributed by atoms with E-state index >= 15 is 8.78 Å². The molecule has 53 heavy (non-hydrogen) atoms. The van der Waals surface area contributed by atoms with E-state index in [0.29, 0.717) is 26.4 Å². The maximum absolute atomic E-state index is 16.5. The Morgan fingerprint density at radius 1 is 0.868 bits per heavy atom. The number of fused-ring (bicyclic) bond motifs is 1. The highest BCUT2D eigenvalue weighted by atomic mass is 35.5. The van der Waals surface area contributed by atoms with Crippen LogP contribution in [0.15, 0.2) is 72.8 Å². The summed E-state index contributed by atoms with van der Waals surface area (Å²) in [5.41, 5.74) is 0.174. The molecule has 2 fully saturated rings. The van der Waals surface area contributed by atoms with E-state index in [2.05, 4.69) is 10.6 Å². The first-order valence-corrected chi connectivity index (χ1v) is 18.9. The van der Waals surface area contributed by atoms with Crippen LogP contribution in [0.2, 0.25) is 5.02 Å². The molecule has 3 aromatic carbocycles. The molecule has 3 amide bonds. The Hall–Kier alpha value is -4.55. The van der Waals surface area contributed by atoms with Crippen LogP contribution in [0.25, 0.3) is 21.2 Å². The lowest BCUT2D eigenvalue weighted by molar-refractivity contribution is -0.149. The zero-order chi connectivity index (χ0) is 37.9. The molecule has 2 N–H and O–H groups in total. The van der Waals surface area contributed by atoms with Crippen molar-refractivity contribution in [3.8, 4) is 16.9 Å². The second-order valence-corrected chi connectivity index (χ2v) is 16.0. The van der Waals surface area contributed by atoms with Gasteiger partial charge in [-0.15, -0.1) is 11.3 Å². The van der Waals surface area contributed by atoms with Gasteiger partial charge in [-0.1, -0.05) is 48.0 Å². The third-order valence-corrected chi connectivity index (χ3v) is 10.7. The lowest BCUT2D eigenvalue weighted by Crippen LogP contribution is -2.59. The summed E-state index contributed by atoms with van der Waals surface area (Å²) in [6.07, 6.45) is 4.25. The van der Waals surface area contributed by atoms with E-state index in [1.54, 1.807) is 57.2 Å². The number of benzene rings is 3. The lowest BCUT2D eigenvalue weighted by Gasteiger charge is -2.36. The number of carbonyl (C=O) groups is 4. The van der Waals surface area contributed by atoms with Crippen molar-refractivity contribution in [1.29, 1.82) is 0 Å². The molecule has 280 valence electrons. The van der Waals surface area contributed by atoms with Crippen LogP contribution < -0.4 is 15.4 Å². The number of likely N-dealkylation sites (tertiary alicyclic amines) is 1. The topological polar surface area (TPSA) is 114 Å². The quantitative estimate of drug-likeness (QED) is 0.124. The molecule has 0 spiro atoms. The number of ketones is 1. The van der Waals surface area contributed by atoms with Gasteiger partial charge in [0.2, 0.25) is 0 Å². The Balaban J connectivity index is 1.21. The number of piperidine rings is 1. The Bertz CT molecular complexity index is 1960. The van der Waals surface area contributed by atoms with Gasteiger partial charge in [0, 0.05) is 34.4 Å². The Morgan fingerprint density at radius 3 is 2.11 bits per heavy atom. The highest BCUT2D eigenvalue weighted by molar-refractivity contribution is 7.21. The zero-order valence-electron chi connectivity index (χ0n) is 29.8. The van der Waals surface area contributed by atoms with Crippen molar-refractivity contribution >= 4 is 56.7 Å². The number of hydrogen-bond donors (Lipinski definition) is 2. The molecule has 0 bridgehead atoms. The number of alkyl halides is 2. The number of amides is 3. The van der Waals surface area contributed by atoms with Crippen LogP contribution >= 0.6 is 22.9 Å². The largest absolute Gasteiger partial charge is 0.490 e. The van der Waals surface area contributed by atoms with Crippen LogP contribution in [0.3, 0.4) is 0 Å². The fourth-order valence-corrected chi connectivity index (χ4v) is 7.76. The molecule has 1 saturated heterocycles. The molecule has 1 aliphatic carbocycles. The minimum Gasteiger partial charge on any atom is -0.490 e. The van der Waals surface area contributed by atoms with Crippen LogP contribution in [0.4, 0.5) is 13.6 Å². The predicted octanol–water partition coefficient (Wildman–Crippen LogP) is 8.52. The minimum atomic E-state index is -3.91. The number of alkyl carbamates (subject to hydrolysis) is 1. The van der Waals surface area contributed by atoms with Crippen LogP contribution in [0, 0.1) is 0 Å². The second kappa shape index (κ2) is 15.8. The van der Waals surface area contributed by atoms with E-state index in [1.807, 2.05) is 6.07 Å². The van der Waals surface area contributed by atoms with Gasteiger partial charge in [-0.05, 0) is 112 Å². The van der Waals surface area contributed by atoms with E-state index in [1.165, 1.54) is 35.2 Å². The molecule has 1 atom stereocenters. The molecule has 0 radical (unpaired) electrons. The molecule has 9 nitrogen and oxygen atoms in total. The van der Waals surface area contributed by atoms with Gasteiger partial charge in [0.1, 0.15) is 11.4 Å². The fraction of sp³-hybridized carbons (Fsp3) is 0.400. The van der Waals surface area contributed by atoms with Gasteiger partial charge in [-0.25, -0.2) is 4.79 Å². The van der Waals surface area contributed by atoms with Crippen molar-refractivity contribution in [2.45, 2.75) is 89.0 Å². The number of hydrogen-bond acceptors (Lipinski definition) is 7. The molecule has 2 aliphatic rings. The average molecular weight is 766 g/mol. The highest BCUT2D eigenvalue weighted by Gasteiger charge is 2.49. The van der Waals surface area contributed by atoms with Crippen LogP contribution in [-0.2, 0) is 20.2 Å². The third kappa shape index (κ3) is 9.34. The normalized spacial score (nSPS) is 16.3. The van der Waals surface area contributed by atoms with Gasteiger partial charge in [0.05, 0.1) is 11.0 Å². The molecular weight excluding hydrogens is 724 g/mol. The fourth-order valence-electron chi connectivity index (χ4n) is 6.61. The van der Waals surface area contributed by atoms with E-state index in [4.69, 9.17) is 21.1 Å². The van der Waals surface area contributed by atoms with Gasteiger partial charge in [0.15, 0.2) is 6.04 Å². The molecule has 1 saturated carbocycles. The zero-order valence-corrected chi connectivity index (χ0v) is 31.3. The lowest BCUT2D eigenvalue weighted by atomic mass is 9.95. The molecule has 1 unspecified atom stereocenters. The van der Waals surface area contributed by atoms with Gasteiger partial charge < -0.3 is 25.0 Å². The summed E-state index contributed by atoms with van der Waals surface area (Å²) in [4.78, 5) is 54.5. The SMILES string of the molecule is CC(C)(C)OC(=O)NC1CCN(C(=O)C(NC(=O)C(=O)c2cc3ccc(OC4CCCC4)cc3s2)C(F)(F)c2ccc(-c3ccc(Cl)cc3)cc2)CC1. The van der Waals surface area contributed by atoms with E-state index in [9.17, 15) is 19.2 Å². The minimum absolute atomic E-state index is 0.0345. The number of nitrogens with zero attached hydrogens (tertiary/aromatic N) is 1. The second-order valence-electron chi connectivity index (χ2n) is 14.5. The van der Waals surface area contributed by atoms with Gasteiger partial charge in [-0.3, -0.25) is 14.4 Å². The van der Waals surface area contributed by atoms with E-state index in [-0.39, 0.29) is 43.0 Å². The van der Waals surface area contributed by atoms with Crippen molar-refractivity contribution in [3.05, 3.63) is 88.3 Å². The Morgan fingerprint density at radius 2 is 1.49 bits per heavy atom. The summed E-state index contributed by atoms with van der Waals surface area (Å²) in [7, 11) is 0. The van der Waals surface area contributed by atoms with Gasteiger partial charge in [-0.2, -0.15) is 8.78 Å². The van der Waals surface area contributed by atoms with E-state index < -0.39 is 46.8 Å². The molecule has 13 heteroatoms. The van der Waals surface area contributed by atoms with Gasteiger partial charge >= 0.3 is 12.0 Å². The molecule has 4 aromatic rings. The van der Waals surface area contributed by atoms with Crippen molar-refractivity contribution in [3.63, 3.8) is 0 Å². The van der Waals surface area contributed by atoms with Crippen LogP contribution in [-0.4, -0.2) is 65.5 Å². The smallest absolute Gasteiger partial charge is 0.407 e. The maximum Gasteiger partial charge on any atom is 0.407 e. The Labute approximate surface area is 316 Å². The van der Waals surface area contributed by atoms with Crippen LogP contribution in [0.5, 0.6) is 5.75 Å². The molecular formula is C40H42ClF2N3O6S. The molecule has 6 rings (SSSR count). The highest BCUT2D eigenvalue weighted by Crippen LogP contribution is 2.36.